The zero-order chi connectivity index (χ0) is 25.3. The number of carboxylic acids is 1. The maximum Gasteiger partial charge on any atom is 0.328 e. The molecule has 10 nitrogen and oxygen atoms in total. The average Bonchev–Trinajstić information content (AvgIpc) is 2.76. The van der Waals surface area contributed by atoms with Crippen LogP contribution in [-0.2, 0) is 14.3 Å². The van der Waals surface area contributed by atoms with Gasteiger partial charge in [0, 0.05) is 11.1 Å². The molecule has 2 rings (SSSR count). The number of hydrogen-bond acceptors (Lipinski definition) is 7. The van der Waals surface area contributed by atoms with Crippen LogP contribution in [-0.4, -0.2) is 58.3 Å². The van der Waals surface area contributed by atoms with E-state index in [0.29, 0.717) is 22.3 Å². The fraction of sp³-hybridized carbons (Fsp3) is 0.304. The van der Waals surface area contributed by atoms with Gasteiger partial charge in [-0.2, -0.15) is 0 Å². The van der Waals surface area contributed by atoms with E-state index in [1.54, 1.807) is 19.9 Å². The molecule has 0 saturated carbocycles. The number of benzene rings is 2. The first-order valence-electron chi connectivity index (χ1n) is 9.89. The number of ether oxygens (including phenoxy) is 1. The molecule has 0 aliphatic heterocycles. The van der Waals surface area contributed by atoms with Crippen LogP contribution in [0, 0.1) is 13.8 Å². The first-order chi connectivity index (χ1) is 15.4. The normalized spacial score (nSPS) is 11.8. The second kappa shape index (κ2) is 12.1. The summed E-state index contributed by atoms with van der Waals surface area (Å²) in [6, 6.07) is 7.16. The number of carboxylic acid groups (broad SMARTS) is 1. The number of aromatic hydroxyl groups is 2. The predicted molar refractivity (Wildman–Crippen MR) is 119 cm³/mol. The Kier molecular flexibility index (Phi) is 9.87. The molecule has 2 atom stereocenters. The quantitative estimate of drug-likeness (QED) is 0.408. The fourth-order valence-electron chi connectivity index (χ4n) is 2.45. The molecule has 0 spiro atoms. The summed E-state index contributed by atoms with van der Waals surface area (Å²) in [7, 11) is 1.26. The topological polar surface area (TPSA) is 162 Å². The fourth-order valence-corrected chi connectivity index (χ4v) is 2.45. The highest BCUT2D eigenvalue weighted by atomic mass is 16.5. The zero-order valence-corrected chi connectivity index (χ0v) is 19.0. The zero-order valence-electron chi connectivity index (χ0n) is 19.0. The molecule has 2 aromatic rings. The Bertz CT molecular complexity index is 1040. The molecule has 0 saturated heterocycles. The Morgan fingerprint density at radius 1 is 0.788 bits per heavy atom. The van der Waals surface area contributed by atoms with E-state index in [4.69, 9.17) is 5.11 Å². The number of rotatable bonds is 6. The van der Waals surface area contributed by atoms with Gasteiger partial charge in [0.15, 0.2) is 0 Å². The summed E-state index contributed by atoms with van der Waals surface area (Å²) in [5, 5.41) is 32.0. The monoisotopic (exact) mass is 460 g/mol. The van der Waals surface area contributed by atoms with Gasteiger partial charge in [0.2, 0.25) is 0 Å². The van der Waals surface area contributed by atoms with Crippen molar-refractivity contribution in [2.75, 3.05) is 7.11 Å². The first-order valence-corrected chi connectivity index (χ1v) is 9.89. The van der Waals surface area contributed by atoms with E-state index in [1.165, 1.54) is 51.3 Å². The van der Waals surface area contributed by atoms with E-state index in [-0.39, 0.29) is 17.4 Å². The number of amides is 2. The Morgan fingerprint density at radius 3 is 1.52 bits per heavy atom. The van der Waals surface area contributed by atoms with Crippen molar-refractivity contribution in [3.05, 3.63) is 58.7 Å². The molecule has 0 aliphatic carbocycles. The van der Waals surface area contributed by atoms with Crippen LogP contribution in [0.5, 0.6) is 11.5 Å². The molecule has 2 amide bonds. The largest absolute Gasteiger partial charge is 0.508 e. The van der Waals surface area contributed by atoms with Gasteiger partial charge in [0.05, 0.1) is 7.11 Å². The van der Waals surface area contributed by atoms with E-state index in [1.807, 2.05) is 0 Å². The summed E-state index contributed by atoms with van der Waals surface area (Å²) < 4.78 is 4.50. The van der Waals surface area contributed by atoms with Crippen molar-refractivity contribution < 1.29 is 39.2 Å². The second-order valence-corrected chi connectivity index (χ2v) is 7.25. The molecule has 0 heterocycles. The lowest BCUT2D eigenvalue weighted by Crippen LogP contribution is -2.39. The van der Waals surface area contributed by atoms with Gasteiger partial charge in [-0.25, -0.2) is 4.79 Å². The maximum absolute atomic E-state index is 11.7. The van der Waals surface area contributed by atoms with Crippen molar-refractivity contribution in [2.24, 2.45) is 0 Å². The van der Waals surface area contributed by atoms with E-state index in [9.17, 15) is 29.4 Å². The van der Waals surface area contributed by atoms with Crippen LogP contribution in [0.25, 0.3) is 0 Å². The minimum atomic E-state index is -1.09. The van der Waals surface area contributed by atoms with Gasteiger partial charge in [-0.1, -0.05) is 0 Å². The molecule has 5 N–H and O–H groups in total. The minimum Gasteiger partial charge on any atom is -0.508 e. The van der Waals surface area contributed by atoms with Gasteiger partial charge in [0.1, 0.15) is 23.6 Å². The minimum absolute atomic E-state index is 0.0998. The van der Waals surface area contributed by atoms with Crippen molar-refractivity contribution in [3.8, 4) is 11.5 Å². The summed E-state index contributed by atoms with van der Waals surface area (Å²) in [5.74, 6) is -2.23. The molecule has 0 bridgehead atoms. The van der Waals surface area contributed by atoms with Crippen LogP contribution in [0.4, 0.5) is 0 Å². The van der Waals surface area contributed by atoms with Crippen LogP contribution in [0.15, 0.2) is 36.4 Å². The van der Waals surface area contributed by atoms with E-state index in [2.05, 4.69) is 15.4 Å². The molecule has 0 aromatic heterocycles. The van der Waals surface area contributed by atoms with E-state index < -0.39 is 29.9 Å². The van der Waals surface area contributed by atoms with Crippen LogP contribution < -0.4 is 10.6 Å². The van der Waals surface area contributed by atoms with Gasteiger partial charge in [0.25, 0.3) is 11.8 Å². The molecular formula is C23H28N2O8. The Balaban J connectivity index is 0.000000331. The lowest BCUT2D eigenvalue weighted by molar-refractivity contribution is -0.142. The number of methoxy groups -OCH3 is 1. The Hall–Kier alpha value is -4.08. The number of phenolic OH excluding ortho intramolecular Hbond substituents is 2. The smallest absolute Gasteiger partial charge is 0.328 e. The summed E-state index contributed by atoms with van der Waals surface area (Å²) in [6.07, 6.45) is 0. The van der Waals surface area contributed by atoms with Crippen LogP contribution >= 0.6 is 0 Å². The number of aliphatic carboxylic acids is 1. The average molecular weight is 460 g/mol. The molecule has 10 heteroatoms. The van der Waals surface area contributed by atoms with E-state index >= 15 is 0 Å². The lowest BCUT2D eigenvalue weighted by atomic mass is 10.1. The molecule has 0 radical (unpaired) electrons. The Labute approximate surface area is 191 Å². The van der Waals surface area contributed by atoms with Crippen LogP contribution in [0.3, 0.4) is 0 Å². The van der Waals surface area contributed by atoms with Gasteiger partial charge in [-0.15, -0.1) is 0 Å². The summed E-state index contributed by atoms with van der Waals surface area (Å²) in [4.78, 5) is 45.0. The molecule has 0 aliphatic rings. The van der Waals surface area contributed by atoms with Crippen molar-refractivity contribution in [1.82, 2.24) is 10.6 Å². The number of phenols is 2. The summed E-state index contributed by atoms with van der Waals surface area (Å²) in [5.41, 5.74) is 1.87. The number of carbonyl (C=O) groups is 4. The van der Waals surface area contributed by atoms with Crippen LogP contribution in [0.2, 0.25) is 0 Å². The third kappa shape index (κ3) is 8.17. The molecular weight excluding hydrogens is 432 g/mol. The van der Waals surface area contributed by atoms with Crippen molar-refractivity contribution in [2.45, 2.75) is 39.8 Å². The maximum atomic E-state index is 11.7. The highest BCUT2D eigenvalue weighted by Gasteiger charge is 2.17. The summed E-state index contributed by atoms with van der Waals surface area (Å²) in [6.45, 7) is 6.27. The second-order valence-electron chi connectivity index (χ2n) is 7.25. The standard InChI is InChI=1S/C12H15NO4.C11H13NO4/c1-7-6-9(4-5-10(7)14)11(15)13-8(2)12(16)17-3;1-6-5-8(3-4-9(6)13)10(14)12-7(2)11(15)16/h4-6,8,14H,1-3H3,(H,13,15);3-5,7,13H,1-2H3,(H,12,14)(H,15,16). The van der Waals surface area contributed by atoms with Gasteiger partial charge < -0.3 is 30.7 Å². The Morgan fingerprint density at radius 2 is 1.18 bits per heavy atom. The first kappa shape index (κ1) is 27.0. The number of nitrogens with one attached hydrogen (secondary N) is 2. The number of hydrogen-bond donors (Lipinski definition) is 5. The predicted octanol–water partition coefficient (Wildman–Crippen LogP) is 1.90. The molecule has 2 unspecified atom stereocenters. The van der Waals surface area contributed by atoms with Crippen molar-refractivity contribution in [1.29, 1.82) is 0 Å². The third-order valence-corrected chi connectivity index (χ3v) is 4.54. The van der Waals surface area contributed by atoms with Crippen molar-refractivity contribution >= 4 is 23.8 Å². The number of carbonyl (C=O) groups excluding carboxylic acids is 3. The van der Waals surface area contributed by atoms with Crippen molar-refractivity contribution in [3.63, 3.8) is 0 Å². The highest BCUT2D eigenvalue weighted by molar-refractivity contribution is 5.97. The van der Waals surface area contributed by atoms with Gasteiger partial charge in [-0.05, 0) is 75.2 Å². The summed E-state index contributed by atoms with van der Waals surface area (Å²) >= 11 is 0. The van der Waals surface area contributed by atoms with Crippen LogP contribution in [0.1, 0.15) is 45.7 Å². The molecule has 2 aromatic carbocycles. The SMILES string of the molecule is COC(=O)C(C)NC(=O)c1ccc(O)c(C)c1.Cc1cc(C(=O)NC(C)C(=O)O)ccc1O. The lowest BCUT2D eigenvalue weighted by Gasteiger charge is -2.11. The van der Waals surface area contributed by atoms with Gasteiger partial charge in [-0.3, -0.25) is 14.4 Å². The molecule has 0 fully saturated rings. The number of esters is 1. The molecule has 33 heavy (non-hydrogen) atoms. The number of aryl methyl sites for hydroxylation is 2. The highest BCUT2D eigenvalue weighted by Crippen LogP contribution is 2.17. The molecule has 178 valence electrons. The van der Waals surface area contributed by atoms with E-state index in [0.717, 1.165) is 0 Å². The third-order valence-electron chi connectivity index (χ3n) is 4.54. The van der Waals surface area contributed by atoms with Gasteiger partial charge >= 0.3 is 11.9 Å².